The summed E-state index contributed by atoms with van der Waals surface area (Å²) < 4.78 is 79.1. The Kier molecular flexibility index (Phi) is 4.76. The summed E-state index contributed by atoms with van der Waals surface area (Å²) in [5.74, 6) is -0.737. The van der Waals surface area contributed by atoms with Crippen LogP contribution in [0, 0.1) is 0 Å². The topological polar surface area (TPSA) is 62.6 Å². The highest BCUT2D eigenvalue weighted by atomic mass is 19.4. The molecule has 2 aromatic rings. The summed E-state index contributed by atoms with van der Waals surface area (Å²) in [7, 11) is -2.38. The average molecular weight is 351 g/mol. The zero-order valence-corrected chi connectivity index (χ0v) is 11.6. The Morgan fingerprint density at radius 2 is 1.62 bits per heavy atom. The first-order chi connectivity index (χ1) is 11.0. The lowest BCUT2D eigenvalue weighted by molar-refractivity contribution is -0.274. The third-order valence-electron chi connectivity index (χ3n) is 2.89. The van der Waals surface area contributed by atoms with E-state index in [0.717, 1.165) is 12.1 Å². The third-order valence-corrected chi connectivity index (χ3v) is 2.89. The first-order valence-electron chi connectivity index (χ1n) is 6.27. The first-order valence-corrected chi connectivity index (χ1v) is 6.27. The number of alkyl halides is 6. The molecule has 0 fully saturated rings. The second-order valence-corrected chi connectivity index (χ2v) is 4.58. The van der Waals surface area contributed by atoms with E-state index in [-0.39, 0.29) is 5.56 Å². The van der Waals surface area contributed by atoms with Crippen LogP contribution in [0.25, 0.3) is 11.3 Å². The fourth-order valence-electron chi connectivity index (χ4n) is 1.93. The van der Waals surface area contributed by atoms with Crippen LogP contribution >= 0.6 is 0 Å². The molecule has 0 atom stereocenters. The molecule has 0 radical (unpaired) electrons. The van der Waals surface area contributed by atoms with Gasteiger partial charge in [0.1, 0.15) is 5.75 Å². The van der Waals surface area contributed by atoms with Crippen molar-refractivity contribution >= 4 is 12.6 Å². The monoisotopic (exact) mass is 351 g/mol. The van der Waals surface area contributed by atoms with Crippen LogP contribution in [-0.4, -0.2) is 28.5 Å². The summed E-state index contributed by atoms with van der Waals surface area (Å²) in [5, 5.41) is 18.5. The Bertz CT molecular complexity index is 732. The lowest BCUT2D eigenvalue weighted by atomic mass is 9.77. The van der Waals surface area contributed by atoms with Gasteiger partial charge in [0, 0.05) is 17.2 Å². The van der Waals surface area contributed by atoms with E-state index in [0.29, 0.717) is 12.3 Å². The standard InChI is InChI=1S/C13H8BF6NO3/c15-12(16,17)7-5-9(14(22)23)11(21-6-7)8-3-1-2-4-10(8)24-13(18,19)20/h1-6,22-23H. The SMILES string of the molecule is OB(O)c1cc(C(F)(F)F)cnc1-c1ccccc1OC(F)(F)F. The molecule has 0 unspecified atom stereocenters. The summed E-state index contributed by atoms with van der Waals surface area (Å²) in [5.41, 5.74) is -2.80. The summed E-state index contributed by atoms with van der Waals surface area (Å²) in [6.07, 6.45) is -9.47. The van der Waals surface area contributed by atoms with Crippen molar-refractivity contribution in [2.24, 2.45) is 0 Å². The Labute approximate surface area is 131 Å². The number of rotatable bonds is 3. The fourth-order valence-corrected chi connectivity index (χ4v) is 1.93. The number of hydrogen-bond donors (Lipinski definition) is 2. The normalized spacial score (nSPS) is 12.2. The van der Waals surface area contributed by atoms with Crippen LogP contribution in [0.2, 0.25) is 0 Å². The number of pyridine rings is 1. The van der Waals surface area contributed by atoms with Gasteiger partial charge in [0.2, 0.25) is 0 Å². The van der Waals surface area contributed by atoms with Gasteiger partial charge in [-0.3, -0.25) is 4.98 Å². The molecule has 0 spiro atoms. The minimum atomic E-state index is -5.04. The van der Waals surface area contributed by atoms with Crippen molar-refractivity contribution < 1.29 is 41.1 Å². The van der Waals surface area contributed by atoms with Crippen LogP contribution in [0.15, 0.2) is 36.5 Å². The highest BCUT2D eigenvalue weighted by Gasteiger charge is 2.35. The van der Waals surface area contributed by atoms with Gasteiger partial charge in [0.25, 0.3) is 0 Å². The molecule has 24 heavy (non-hydrogen) atoms. The van der Waals surface area contributed by atoms with Crippen LogP contribution in [0.5, 0.6) is 5.75 Å². The first kappa shape index (κ1) is 18.1. The van der Waals surface area contributed by atoms with Gasteiger partial charge >= 0.3 is 19.7 Å². The lowest BCUT2D eigenvalue weighted by Gasteiger charge is -2.16. The number of ether oxygens (including phenoxy) is 1. The molecule has 1 aromatic heterocycles. The maximum atomic E-state index is 12.7. The van der Waals surface area contributed by atoms with Crippen molar-refractivity contribution in [3.05, 3.63) is 42.1 Å². The smallest absolute Gasteiger partial charge is 0.423 e. The summed E-state index contributed by atoms with van der Waals surface area (Å²) in [4.78, 5) is 3.44. The molecule has 0 amide bonds. The number of aromatic nitrogens is 1. The molecular formula is C13H8BF6NO3. The van der Waals surface area contributed by atoms with Crippen molar-refractivity contribution in [3.8, 4) is 17.0 Å². The van der Waals surface area contributed by atoms with Crippen molar-refractivity contribution in [1.29, 1.82) is 0 Å². The Morgan fingerprint density at radius 3 is 2.17 bits per heavy atom. The Morgan fingerprint density at radius 1 is 1.00 bits per heavy atom. The van der Waals surface area contributed by atoms with E-state index in [1.54, 1.807) is 0 Å². The zero-order chi connectivity index (χ0) is 18.1. The maximum absolute atomic E-state index is 12.7. The lowest BCUT2D eigenvalue weighted by Crippen LogP contribution is -2.33. The van der Waals surface area contributed by atoms with E-state index in [4.69, 9.17) is 0 Å². The van der Waals surface area contributed by atoms with Gasteiger partial charge in [-0.05, 0) is 18.2 Å². The number of halogens is 6. The number of hydrogen-bond acceptors (Lipinski definition) is 4. The molecule has 11 heteroatoms. The quantitative estimate of drug-likeness (QED) is 0.658. The van der Waals surface area contributed by atoms with Crippen molar-refractivity contribution in [3.63, 3.8) is 0 Å². The maximum Gasteiger partial charge on any atom is 0.573 e. The number of nitrogens with zero attached hydrogens (tertiary/aromatic N) is 1. The predicted octanol–water partition coefficient (Wildman–Crippen LogP) is 2.35. The molecular weight excluding hydrogens is 343 g/mol. The van der Waals surface area contributed by atoms with Gasteiger partial charge < -0.3 is 14.8 Å². The van der Waals surface area contributed by atoms with E-state index in [2.05, 4.69) is 9.72 Å². The minimum absolute atomic E-state index is 0.341. The van der Waals surface area contributed by atoms with Crippen LogP contribution in [0.4, 0.5) is 26.3 Å². The van der Waals surface area contributed by atoms with Crippen LogP contribution in [0.3, 0.4) is 0 Å². The molecule has 2 N–H and O–H groups in total. The van der Waals surface area contributed by atoms with Gasteiger partial charge in [0.05, 0.1) is 11.3 Å². The Balaban J connectivity index is 2.61. The van der Waals surface area contributed by atoms with Crippen molar-refractivity contribution in [2.45, 2.75) is 12.5 Å². The van der Waals surface area contributed by atoms with Gasteiger partial charge in [-0.25, -0.2) is 0 Å². The molecule has 0 bridgehead atoms. The zero-order valence-electron chi connectivity index (χ0n) is 11.6. The van der Waals surface area contributed by atoms with Crippen LogP contribution < -0.4 is 10.2 Å². The summed E-state index contributed by atoms with van der Waals surface area (Å²) in [6.45, 7) is 0. The van der Waals surface area contributed by atoms with Crippen LogP contribution in [-0.2, 0) is 6.18 Å². The highest BCUT2D eigenvalue weighted by Crippen LogP contribution is 2.34. The molecule has 0 saturated heterocycles. The molecule has 0 saturated carbocycles. The minimum Gasteiger partial charge on any atom is -0.423 e. The fraction of sp³-hybridized carbons (Fsp3) is 0.154. The van der Waals surface area contributed by atoms with Gasteiger partial charge in [-0.2, -0.15) is 13.2 Å². The second-order valence-electron chi connectivity index (χ2n) is 4.58. The van der Waals surface area contributed by atoms with Gasteiger partial charge in [-0.15, -0.1) is 13.2 Å². The molecule has 1 aromatic carbocycles. The van der Waals surface area contributed by atoms with E-state index < -0.39 is 42.1 Å². The number of benzene rings is 1. The average Bonchev–Trinajstić information content (AvgIpc) is 2.44. The molecule has 0 aliphatic heterocycles. The largest absolute Gasteiger partial charge is 0.573 e. The molecule has 128 valence electrons. The molecule has 0 aliphatic rings. The van der Waals surface area contributed by atoms with Crippen LogP contribution in [0.1, 0.15) is 5.56 Å². The van der Waals surface area contributed by atoms with Crippen molar-refractivity contribution in [1.82, 2.24) is 4.98 Å². The summed E-state index contributed by atoms with van der Waals surface area (Å²) in [6, 6.07) is 4.94. The van der Waals surface area contributed by atoms with E-state index in [1.807, 2.05) is 0 Å². The molecule has 2 rings (SSSR count). The van der Waals surface area contributed by atoms with Gasteiger partial charge in [0.15, 0.2) is 0 Å². The molecule has 0 aliphatic carbocycles. The highest BCUT2D eigenvalue weighted by molar-refractivity contribution is 6.60. The third kappa shape index (κ3) is 4.17. The van der Waals surface area contributed by atoms with E-state index >= 15 is 0 Å². The van der Waals surface area contributed by atoms with Gasteiger partial charge in [-0.1, -0.05) is 12.1 Å². The Hall–Kier alpha value is -2.27. The predicted molar refractivity (Wildman–Crippen MR) is 71.2 cm³/mol. The van der Waals surface area contributed by atoms with E-state index in [1.165, 1.54) is 12.1 Å². The molecule has 1 heterocycles. The number of para-hydroxylation sites is 1. The van der Waals surface area contributed by atoms with Crippen molar-refractivity contribution in [2.75, 3.05) is 0 Å². The molecule has 4 nitrogen and oxygen atoms in total. The van der Waals surface area contributed by atoms with E-state index in [9.17, 15) is 36.4 Å². The second kappa shape index (κ2) is 6.32. The summed E-state index contributed by atoms with van der Waals surface area (Å²) >= 11 is 0.